The van der Waals surface area contributed by atoms with Crippen molar-refractivity contribution in [2.75, 3.05) is 0 Å². The van der Waals surface area contributed by atoms with Gasteiger partial charge in [0, 0.05) is 0 Å². The monoisotopic (exact) mass is 354 g/mol. The Hall–Kier alpha value is -1.74. The standard InChI is InChI=1S/C21H22Se/c1-2-3-4-9-16-21(22-20-14-10-6-11-15-20)18-17-19-12-7-5-8-13-19/h5-8,10-16H,2-4,9H2,1H3/b21-16-. The Bertz CT molecular complexity index is 630. The third kappa shape index (κ3) is 6.35. The molecule has 2 aromatic carbocycles. The van der Waals surface area contributed by atoms with Crippen molar-refractivity contribution in [3.63, 3.8) is 0 Å². The van der Waals surface area contributed by atoms with Crippen LogP contribution in [0.5, 0.6) is 0 Å². The summed E-state index contributed by atoms with van der Waals surface area (Å²) in [5.41, 5.74) is 1.09. The Labute approximate surface area is 140 Å². The molecule has 112 valence electrons. The Balaban J connectivity index is 2.09. The van der Waals surface area contributed by atoms with Crippen LogP contribution in [0.1, 0.15) is 38.2 Å². The molecule has 0 aromatic heterocycles. The summed E-state index contributed by atoms with van der Waals surface area (Å²) in [5.74, 6) is 6.70. The fourth-order valence-corrected chi connectivity index (χ4v) is 3.80. The molecule has 0 saturated carbocycles. The van der Waals surface area contributed by atoms with Crippen LogP contribution in [0.3, 0.4) is 0 Å². The van der Waals surface area contributed by atoms with E-state index in [0.717, 1.165) is 12.0 Å². The van der Waals surface area contributed by atoms with E-state index < -0.39 is 0 Å². The molecule has 0 atom stereocenters. The van der Waals surface area contributed by atoms with Gasteiger partial charge in [-0.05, 0) is 0 Å². The van der Waals surface area contributed by atoms with Crippen molar-refractivity contribution in [1.82, 2.24) is 0 Å². The fraction of sp³-hybridized carbons (Fsp3) is 0.238. The first-order chi connectivity index (χ1) is 10.9. The first-order valence-electron chi connectivity index (χ1n) is 7.88. The van der Waals surface area contributed by atoms with Crippen LogP contribution in [0.2, 0.25) is 0 Å². The van der Waals surface area contributed by atoms with Crippen LogP contribution in [0, 0.1) is 11.8 Å². The van der Waals surface area contributed by atoms with Crippen molar-refractivity contribution >= 4 is 19.4 Å². The molecule has 0 unspecified atom stereocenters. The summed E-state index contributed by atoms with van der Waals surface area (Å²) in [5, 5.41) is 0. The Morgan fingerprint density at radius 3 is 2.32 bits per heavy atom. The van der Waals surface area contributed by atoms with Crippen LogP contribution in [0.25, 0.3) is 0 Å². The Morgan fingerprint density at radius 2 is 1.64 bits per heavy atom. The molecule has 0 bridgehead atoms. The summed E-state index contributed by atoms with van der Waals surface area (Å²) >= 11 is 0.301. The van der Waals surface area contributed by atoms with Gasteiger partial charge in [0.15, 0.2) is 0 Å². The number of allylic oxidation sites excluding steroid dienone is 2. The van der Waals surface area contributed by atoms with Gasteiger partial charge in [0.1, 0.15) is 0 Å². The topological polar surface area (TPSA) is 0 Å². The normalized spacial score (nSPS) is 10.9. The zero-order valence-corrected chi connectivity index (χ0v) is 14.8. The van der Waals surface area contributed by atoms with E-state index in [9.17, 15) is 0 Å². The van der Waals surface area contributed by atoms with E-state index in [2.05, 4.69) is 67.3 Å². The predicted octanol–water partition coefficient (Wildman–Crippen LogP) is 4.53. The van der Waals surface area contributed by atoms with Gasteiger partial charge in [0.05, 0.1) is 0 Å². The fourth-order valence-electron chi connectivity index (χ4n) is 2.02. The number of hydrogen-bond donors (Lipinski definition) is 0. The molecule has 0 amide bonds. The average Bonchev–Trinajstić information content (AvgIpc) is 2.58. The molecule has 0 saturated heterocycles. The molecule has 0 fully saturated rings. The van der Waals surface area contributed by atoms with Crippen LogP contribution in [-0.2, 0) is 0 Å². The molecule has 0 spiro atoms. The zero-order valence-electron chi connectivity index (χ0n) is 13.1. The molecule has 0 aliphatic rings. The van der Waals surface area contributed by atoms with Crippen LogP contribution < -0.4 is 4.46 Å². The number of rotatable bonds is 6. The first-order valence-corrected chi connectivity index (χ1v) is 9.60. The second-order valence-corrected chi connectivity index (χ2v) is 7.44. The van der Waals surface area contributed by atoms with E-state index in [1.165, 1.54) is 28.2 Å². The summed E-state index contributed by atoms with van der Waals surface area (Å²) in [4.78, 5) is 0. The maximum absolute atomic E-state index is 3.40. The predicted molar refractivity (Wildman–Crippen MR) is 97.4 cm³/mol. The summed E-state index contributed by atoms with van der Waals surface area (Å²) < 4.78 is 2.68. The van der Waals surface area contributed by atoms with Crippen molar-refractivity contribution in [2.24, 2.45) is 0 Å². The average molecular weight is 353 g/mol. The van der Waals surface area contributed by atoms with E-state index in [-0.39, 0.29) is 0 Å². The Morgan fingerprint density at radius 1 is 0.955 bits per heavy atom. The van der Waals surface area contributed by atoms with Crippen LogP contribution in [0.4, 0.5) is 0 Å². The van der Waals surface area contributed by atoms with Crippen LogP contribution in [-0.4, -0.2) is 15.0 Å². The van der Waals surface area contributed by atoms with E-state index in [4.69, 9.17) is 0 Å². The van der Waals surface area contributed by atoms with Crippen molar-refractivity contribution in [3.05, 3.63) is 76.8 Å². The molecule has 0 heterocycles. The van der Waals surface area contributed by atoms with E-state index >= 15 is 0 Å². The minimum atomic E-state index is 0.301. The van der Waals surface area contributed by atoms with Crippen molar-refractivity contribution in [1.29, 1.82) is 0 Å². The molecule has 0 aliphatic carbocycles. The number of unbranched alkanes of at least 4 members (excludes halogenated alkanes) is 3. The third-order valence-electron chi connectivity index (χ3n) is 3.21. The second kappa shape index (κ2) is 10.1. The summed E-state index contributed by atoms with van der Waals surface area (Å²) in [6.45, 7) is 2.24. The molecule has 22 heavy (non-hydrogen) atoms. The number of hydrogen-bond acceptors (Lipinski definition) is 0. The van der Waals surface area contributed by atoms with Gasteiger partial charge in [0.2, 0.25) is 0 Å². The van der Waals surface area contributed by atoms with Crippen molar-refractivity contribution in [2.45, 2.75) is 32.6 Å². The molecule has 2 rings (SSSR count). The first kappa shape index (κ1) is 16.6. The molecule has 1 heteroatoms. The van der Waals surface area contributed by atoms with Gasteiger partial charge in [-0.25, -0.2) is 0 Å². The van der Waals surface area contributed by atoms with Crippen molar-refractivity contribution < 1.29 is 0 Å². The zero-order chi connectivity index (χ0) is 15.5. The third-order valence-corrected chi connectivity index (χ3v) is 5.30. The molecule has 0 aliphatic heterocycles. The molecular weight excluding hydrogens is 331 g/mol. The van der Waals surface area contributed by atoms with Crippen LogP contribution in [0.15, 0.2) is 71.2 Å². The van der Waals surface area contributed by atoms with Gasteiger partial charge in [0.25, 0.3) is 0 Å². The quantitative estimate of drug-likeness (QED) is 0.407. The van der Waals surface area contributed by atoms with E-state index in [1.54, 1.807) is 0 Å². The Kier molecular flexibility index (Phi) is 7.61. The van der Waals surface area contributed by atoms with Crippen molar-refractivity contribution in [3.8, 4) is 11.8 Å². The van der Waals surface area contributed by atoms with Crippen LogP contribution >= 0.6 is 0 Å². The summed E-state index contributed by atoms with van der Waals surface area (Å²) in [7, 11) is 0. The molecule has 2 aromatic rings. The van der Waals surface area contributed by atoms with Gasteiger partial charge in [-0.2, -0.15) is 0 Å². The number of benzene rings is 2. The second-order valence-electron chi connectivity index (χ2n) is 5.10. The van der Waals surface area contributed by atoms with Gasteiger partial charge in [-0.1, -0.05) is 0 Å². The van der Waals surface area contributed by atoms with Gasteiger partial charge >= 0.3 is 141 Å². The van der Waals surface area contributed by atoms with E-state index in [1.807, 2.05) is 18.2 Å². The molecule has 0 N–H and O–H groups in total. The van der Waals surface area contributed by atoms with Gasteiger partial charge < -0.3 is 0 Å². The summed E-state index contributed by atoms with van der Waals surface area (Å²) in [6, 6.07) is 20.9. The maximum atomic E-state index is 3.40. The molecular formula is C21H22Se. The van der Waals surface area contributed by atoms with E-state index in [0.29, 0.717) is 15.0 Å². The molecule has 0 nitrogen and oxygen atoms in total. The summed E-state index contributed by atoms with van der Waals surface area (Å²) in [6.07, 6.45) is 7.31. The van der Waals surface area contributed by atoms with Gasteiger partial charge in [-0.3, -0.25) is 0 Å². The SMILES string of the molecule is CCCCC/C=C(/C#Cc1ccccc1)[Se]c1ccccc1. The molecule has 0 radical (unpaired) electrons. The van der Waals surface area contributed by atoms with Gasteiger partial charge in [-0.15, -0.1) is 0 Å². The minimum absolute atomic E-state index is 0.301.